The van der Waals surface area contributed by atoms with Crippen molar-refractivity contribution in [2.45, 2.75) is 18.4 Å². The summed E-state index contributed by atoms with van der Waals surface area (Å²) in [4.78, 5) is 16.6. The Morgan fingerprint density at radius 1 is 1.19 bits per heavy atom. The van der Waals surface area contributed by atoms with Crippen molar-refractivity contribution in [1.82, 2.24) is 9.80 Å². The van der Waals surface area contributed by atoms with Gasteiger partial charge in [-0.05, 0) is 11.1 Å². The fraction of sp³-hybridized carbons (Fsp3) is 0.471. The fourth-order valence-electron chi connectivity index (χ4n) is 3.28. The predicted molar refractivity (Wildman–Crippen MR) is 80.7 cm³/mol. The summed E-state index contributed by atoms with van der Waals surface area (Å²) < 4.78 is 0. The highest BCUT2D eigenvalue weighted by Crippen LogP contribution is 2.31. The van der Waals surface area contributed by atoms with Gasteiger partial charge in [-0.25, -0.2) is 0 Å². The van der Waals surface area contributed by atoms with Crippen LogP contribution in [0.3, 0.4) is 0 Å². The van der Waals surface area contributed by atoms with Crippen molar-refractivity contribution >= 4 is 5.91 Å². The Morgan fingerprint density at radius 3 is 2.29 bits per heavy atom. The molecule has 1 aromatic rings. The van der Waals surface area contributed by atoms with Gasteiger partial charge < -0.3 is 10.0 Å². The molecule has 1 amide bonds. The fourth-order valence-corrected chi connectivity index (χ4v) is 3.28. The van der Waals surface area contributed by atoms with Gasteiger partial charge in [0.15, 0.2) is 5.60 Å². The number of hydrogen-bond acceptors (Lipinski definition) is 3. The van der Waals surface area contributed by atoms with E-state index in [1.54, 1.807) is 4.90 Å². The van der Waals surface area contributed by atoms with Gasteiger partial charge in [0, 0.05) is 39.0 Å². The molecule has 1 N–H and O–H groups in total. The Morgan fingerprint density at radius 2 is 1.76 bits per heavy atom. The molecule has 3 rings (SSSR count). The molecule has 1 fully saturated rings. The number of amides is 1. The maximum atomic E-state index is 12.7. The van der Waals surface area contributed by atoms with Crippen molar-refractivity contribution in [3.63, 3.8) is 0 Å². The molecule has 0 atom stereocenters. The van der Waals surface area contributed by atoms with Gasteiger partial charge >= 0.3 is 0 Å². The Balaban J connectivity index is 1.66. The molecule has 0 saturated carbocycles. The van der Waals surface area contributed by atoms with E-state index in [1.807, 2.05) is 24.3 Å². The third kappa shape index (κ3) is 2.67. The van der Waals surface area contributed by atoms with Crippen LogP contribution in [0.1, 0.15) is 11.1 Å². The standard InChI is InChI=1S/C17H20N2O2/c1-2-7-18-8-10-19(11-9-18)16(20)17(21)12-14-5-3-4-6-15(14)13-17/h1,3-6,21H,7-13H2. The number of carbonyl (C=O) groups excluding carboxylic acids is 1. The van der Waals surface area contributed by atoms with Crippen molar-refractivity contribution in [3.8, 4) is 12.3 Å². The summed E-state index contributed by atoms with van der Waals surface area (Å²) in [6, 6.07) is 7.89. The maximum absolute atomic E-state index is 12.7. The highest BCUT2D eigenvalue weighted by atomic mass is 16.3. The van der Waals surface area contributed by atoms with E-state index in [0.717, 1.165) is 24.2 Å². The van der Waals surface area contributed by atoms with Crippen molar-refractivity contribution in [1.29, 1.82) is 0 Å². The molecule has 0 spiro atoms. The van der Waals surface area contributed by atoms with Crippen LogP contribution in [0.4, 0.5) is 0 Å². The summed E-state index contributed by atoms with van der Waals surface area (Å²) >= 11 is 0. The molecule has 110 valence electrons. The van der Waals surface area contributed by atoms with Crippen LogP contribution in [0.5, 0.6) is 0 Å². The molecule has 1 aliphatic heterocycles. The Bertz CT molecular complexity index is 558. The van der Waals surface area contributed by atoms with E-state index >= 15 is 0 Å². The number of piperazine rings is 1. The molecule has 4 heteroatoms. The van der Waals surface area contributed by atoms with Crippen LogP contribution in [0.25, 0.3) is 0 Å². The van der Waals surface area contributed by atoms with Gasteiger partial charge in [-0.1, -0.05) is 30.2 Å². The van der Waals surface area contributed by atoms with Gasteiger partial charge in [-0.15, -0.1) is 6.42 Å². The van der Waals surface area contributed by atoms with E-state index in [-0.39, 0.29) is 5.91 Å². The molecule has 1 aliphatic carbocycles. The smallest absolute Gasteiger partial charge is 0.255 e. The first-order valence-electron chi connectivity index (χ1n) is 7.37. The number of nitrogens with zero attached hydrogens (tertiary/aromatic N) is 2. The van der Waals surface area contributed by atoms with Crippen molar-refractivity contribution < 1.29 is 9.90 Å². The van der Waals surface area contributed by atoms with E-state index < -0.39 is 5.60 Å². The SMILES string of the molecule is C#CCN1CCN(C(=O)C2(O)Cc3ccccc3C2)CC1. The van der Waals surface area contributed by atoms with E-state index in [4.69, 9.17) is 6.42 Å². The molecule has 1 aromatic carbocycles. The molecule has 1 heterocycles. The normalized spacial score (nSPS) is 20.9. The first-order valence-corrected chi connectivity index (χ1v) is 7.37. The third-order valence-corrected chi connectivity index (χ3v) is 4.46. The van der Waals surface area contributed by atoms with E-state index in [0.29, 0.717) is 32.5 Å². The molecule has 0 radical (unpaired) electrons. The summed E-state index contributed by atoms with van der Waals surface area (Å²) in [7, 11) is 0. The lowest BCUT2D eigenvalue weighted by Gasteiger charge is -2.37. The second kappa shape index (κ2) is 5.51. The zero-order chi connectivity index (χ0) is 14.9. The van der Waals surface area contributed by atoms with E-state index in [9.17, 15) is 9.90 Å². The second-order valence-corrected chi connectivity index (χ2v) is 5.93. The number of benzene rings is 1. The third-order valence-electron chi connectivity index (χ3n) is 4.46. The molecule has 21 heavy (non-hydrogen) atoms. The van der Waals surface area contributed by atoms with Crippen molar-refractivity contribution in [2.75, 3.05) is 32.7 Å². The molecule has 1 saturated heterocycles. The zero-order valence-electron chi connectivity index (χ0n) is 12.1. The monoisotopic (exact) mass is 284 g/mol. The van der Waals surface area contributed by atoms with Gasteiger partial charge in [0.05, 0.1) is 6.54 Å². The van der Waals surface area contributed by atoms with E-state index in [2.05, 4.69) is 10.8 Å². The minimum atomic E-state index is -1.27. The lowest BCUT2D eigenvalue weighted by Crippen LogP contribution is -2.56. The van der Waals surface area contributed by atoms with Crippen LogP contribution in [0, 0.1) is 12.3 Å². The van der Waals surface area contributed by atoms with Gasteiger partial charge in [0.2, 0.25) is 0 Å². The molecule has 0 bridgehead atoms. The average molecular weight is 284 g/mol. The first kappa shape index (κ1) is 14.1. The molecule has 0 aromatic heterocycles. The zero-order valence-corrected chi connectivity index (χ0v) is 12.1. The molecule has 4 nitrogen and oxygen atoms in total. The Hall–Kier alpha value is -1.83. The van der Waals surface area contributed by atoms with Gasteiger partial charge in [-0.3, -0.25) is 9.69 Å². The van der Waals surface area contributed by atoms with Gasteiger partial charge in [-0.2, -0.15) is 0 Å². The number of fused-ring (bicyclic) bond motifs is 1. The highest BCUT2D eigenvalue weighted by molar-refractivity contribution is 5.87. The number of carbonyl (C=O) groups is 1. The van der Waals surface area contributed by atoms with Gasteiger partial charge in [0.1, 0.15) is 0 Å². The largest absolute Gasteiger partial charge is 0.379 e. The summed E-state index contributed by atoms with van der Waals surface area (Å²) in [6.07, 6.45) is 6.16. The minimum Gasteiger partial charge on any atom is -0.379 e. The first-order chi connectivity index (χ1) is 10.1. The van der Waals surface area contributed by atoms with Crippen LogP contribution < -0.4 is 0 Å². The molecular formula is C17H20N2O2. The number of hydrogen-bond donors (Lipinski definition) is 1. The number of terminal acetylenes is 1. The average Bonchev–Trinajstić information content (AvgIpc) is 2.85. The van der Waals surface area contributed by atoms with Crippen molar-refractivity contribution in [2.24, 2.45) is 0 Å². The molecule has 0 unspecified atom stereocenters. The topological polar surface area (TPSA) is 43.8 Å². The van der Waals surface area contributed by atoms with Crippen molar-refractivity contribution in [3.05, 3.63) is 35.4 Å². The Labute approximate surface area is 125 Å². The predicted octanol–water partition coefficient (Wildman–Crippen LogP) is 0.294. The molecular weight excluding hydrogens is 264 g/mol. The summed E-state index contributed by atoms with van der Waals surface area (Å²) in [5.74, 6) is 2.49. The lowest BCUT2D eigenvalue weighted by molar-refractivity contribution is -0.152. The lowest BCUT2D eigenvalue weighted by atomic mass is 9.98. The maximum Gasteiger partial charge on any atom is 0.255 e. The molecule has 2 aliphatic rings. The van der Waals surface area contributed by atoms with Crippen LogP contribution >= 0.6 is 0 Å². The minimum absolute atomic E-state index is 0.140. The summed E-state index contributed by atoms with van der Waals surface area (Å²) in [6.45, 7) is 3.45. The highest BCUT2D eigenvalue weighted by Gasteiger charge is 2.44. The van der Waals surface area contributed by atoms with E-state index in [1.165, 1.54) is 0 Å². The van der Waals surface area contributed by atoms with Crippen LogP contribution in [-0.2, 0) is 17.6 Å². The second-order valence-electron chi connectivity index (χ2n) is 5.93. The Kier molecular flexibility index (Phi) is 3.71. The quantitative estimate of drug-likeness (QED) is 0.794. The van der Waals surface area contributed by atoms with Crippen LogP contribution in [-0.4, -0.2) is 59.1 Å². The van der Waals surface area contributed by atoms with Gasteiger partial charge in [0.25, 0.3) is 5.91 Å². The summed E-state index contributed by atoms with van der Waals surface area (Å²) in [5.41, 5.74) is 0.900. The summed E-state index contributed by atoms with van der Waals surface area (Å²) in [5, 5.41) is 10.8. The number of aliphatic hydroxyl groups is 1. The number of rotatable bonds is 2. The van der Waals surface area contributed by atoms with Crippen LogP contribution in [0.2, 0.25) is 0 Å². The van der Waals surface area contributed by atoms with Crippen LogP contribution in [0.15, 0.2) is 24.3 Å².